The summed E-state index contributed by atoms with van der Waals surface area (Å²) in [5.41, 5.74) is 3.49. The number of hydrogen-bond donors (Lipinski definition) is 1. The van der Waals surface area contributed by atoms with E-state index in [0.717, 1.165) is 17.0 Å². The Bertz CT molecular complexity index is 538. The van der Waals surface area contributed by atoms with E-state index in [0.29, 0.717) is 6.42 Å². The molecule has 0 saturated carbocycles. The molecule has 0 radical (unpaired) electrons. The van der Waals surface area contributed by atoms with Crippen molar-refractivity contribution in [2.24, 2.45) is 0 Å². The van der Waals surface area contributed by atoms with Crippen LogP contribution in [0.4, 0.5) is 0 Å². The number of aromatic nitrogens is 1. The van der Waals surface area contributed by atoms with E-state index in [2.05, 4.69) is 42.7 Å². The van der Waals surface area contributed by atoms with Crippen molar-refractivity contribution >= 4 is 5.97 Å². The summed E-state index contributed by atoms with van der Waals surface area (Å²) in [5.74, 6) is -0.747. The van der Waals surface area contributed by atoms with Crippen LogP contribution in [-0.2, 0) is 4.79 Å². The Balaban J connectivity index is 2.37. The highest BCUT2D eigenvalue weighted by atomic mass is 16.4. The second-order valence-electron chi connectivity index (χ2n) is 4.84. The Morgan fingerprint density at radius 1 is 1.11 bits per heavy atom. The maximum Gasteiger partial charge on any atom is 0.303 e. The molecule has 19 heavy (non-hydrogen) atoms. The largest absolute Gasteiger partial charge is 0.481 e. The average molecular weight is 257 g/mol. The Morgan fingerprint density at radius 2 is 1.68 bits per heavy atom. The number of carboxylic acids is 1. The first-order valence-corrected chi connectivity index (χ1v) is 6.50. The summed E-state index contributed by atoms with van der Waals surface area (Å²) in [6, 6.07) is 14.3. The number of hydrogen-bond acceptors (Lipinski definition) is 1. The van der Waals surface area contributed by atoms with Crippen LogP contribution in [0.2, 0.25) is 0 Å². The van der Waals surface area contributed by atoms with Gasteiger partial charge >= 0.3 is 5.97 Å². The minimum atomic E-state index is -0.747. The van der Waals surface area contributed by atoms with E-state index in [9.17, 15) is 4.79 Å². The quantitative estimate of drug-likeness (QED) is 0.890. The average Bonchev–Trinajstić information content (AvgIpc) is 2.72. The highest BCUT2D eigenvalue weighted by Gasteiger charge is 2.17. The molecule has 0 aliphatic rings. The van der Waals surface area contributed by atoms with Gasteiger partial charge in [0, 0.05) is 17.8 Å². The van der Waals surface area contributed by atoms with Gasteiger partial charge in [-0.15, -0.1) is 0 Å². The van der Waals surface area contributed by atoms with Crippen LogP contribution in [0, 0.1) is 13.8 Å². The van der Waals surface area contributed by atoms with Gasteiger partial charge in [0.1, 0.15) is 0 Å². The molecule has 1 N–H and O–H groups in total. The van der Waals surface area contributed by atoms with Crippen LogP contribution in [0.25, 0.3) is 0 Å². The molecule has 1 aromatic carbocycles. The smallest absolute Gasteiger partial charge is 0.303 e. The van der Waals surface area contributed by atoms with Crippen LogP contribution in [0.15, 0.2) is 42.5 Å². The van der Waals surface area contributed by atoms with Crippen LogP contribution in [-0.4, -0.2) is 15.6 Å². The number of carboxylic acid groups (broad SMARTS) is 1. The van der Waals surface area contributed by atoms with Gasteiger partial charge in [0.2, 0.25) is 0 Å². The fraction of sp³-hybridized carbons (Fsp3) is 0.312. The zero-order valence-corrected chi connectivity index (χ0v) is 11.3. The topological polar surface area (TPSA) is 42.2 Å². The number of carbonyl (C=O) groups is 1. The zero-order valence-electron chi connectivity index (χ0n) is 11.3. The summed E-state index contributed by atoms with van der Waals surface area (Å²) in [7, 11) is 0. The van der Waals surface area contributed by atoms with Crippen LogP contribution >= 0.6 is 0 Å². The van der Waals surface area contributed by atoms with Gasteiger partial charge in [-0.05, 0) is 38.0 Å². The summed E-state index contributed by atoms with van der Waals surface area (Å²) in [5, 5.41) is 8.94. The van der Waals surface area contributed by atoms with Gasteiger partial charge in [-0.2, -0.15) is 0 Å². The molecule has 0 saturated heterocycles. The molecule has 3 nitrogen and oxygen atoms in total. The number of rotatable bonds is 5. The minimum Gasteiger partial charge on any atom is -0.481 e. The monoisotopic (exact) mass is 257 g/mol. The van der Waals surface area contributed by atoms with Crippen LogP contribution in [0.1, 0.15) is 35.8 Å². The van der Waals surface area contributed by atoms with E-state index >= 15 is 0 Å². The van der Waals surface area contributed by atoms with Crippen LogP contribution in [0.5, 0.6) is 0 Å². The second kappa shape index (κ2) is 5.74. The van der Waals surface area contributed by atoms with Crippen molar-refractivity contribution in [1.29, 1.82) is 0 Å². The van der Waals surface area contributed by atoms with Gasteiger partial charge in [0.15, 0.2) is 0 Å². The molecule has 2 rings (SSSR count). The van der Waals surface area contributed by atoms with E-state index in [1.54, 1.807) is 0 Å². The molecule has 0 amide bonds. The third-order valence-electron chi connectivity index (χ3n) is 3.45. The number of aliphatic carboxylic acids is 1. The van der Waals surface area contributed by atoms with Crippen molar-refractivity contribution in [3.05, 3.63) is 59.4 Å². The molecule has 2 aromatic rings. The molecule has 0 aliphatic carbocycles. The normalized spacial score (nSPS) is 12.3. The summed E-state index contributed by atoms with van der Waals surface area (Å²) in [4.78, 5) is 10.9. The van der Waals surface area contributed by atoms with Gasteiger partial charge in [-0.1, -0.05) is 30.3 Å². The lowest BCUT2D eigenvalue weighted by Gasteiger charge is -2.22. The van der Waals surface area contributed by atoms with Crippen molar-refractivity contribution in [3.63, 3.8) is 0 Å². The number of benzene rings is 1. The van der Waals surface area contributed by atoms with Gasteiger partial charge in [0.05, 0.1) is 6.04 Å². The van der Waals surface area contributed by atoms with E-state index in [4.69, 9.17) is 5.11 Å². The van der Waals surface area contributed by atoms with E-state index in [-0.39, 0.29) is 12.5 Å². The Kier molecular flexibility index (Phi) is 4.05. The minimum absolute atomic E-state index is 0.0901. The first-order chi connectivity index (χ1) is 9.09. The molecular formula is C16H19NO2. The lowest BCUT2D eigenvalue weighted by atomic mass is 10.0. The zero-order chi connectivity index (χ0) is 13.8. The first kappa shape index (κ1) is 13.4. The molecule has 0 fully saturated rings. The fourth-order valence-corrected chi connectivity index (χ4v) is 2.55. The van der Waals surface area contributed by atoms with Crippen molar-refractivity contribution in [3.8, 4) is 0 Å². The molecular weight excluding hydrogens is 238 g/mol. The SMILES string of the molecule is Cc1ccc(C)n1C(CCC(=O)O)c1ccccc1. The summed E-state index contributed by atoms with van der Waals surface area (Å²) < 4.78 is 2.22. The van der Waals surface area contributed by atoms with Crippen molar-refractivity contribution in [1.82, 2.24) is 4.57 Å². The van der Waals surface area contributed by atoms with Crippen molar-refractivity contribution in [2.45, 2.75) is 32.7 Å². The van der Waals surface area contributed by atoms with Crippen LogP contribution in [0.3, 0.4) is 0 Å². The highest BCUT2D eigenvalue weighted by molar-refractivity contribution is 5.66. The summed E-state index contributed by atoms with van der Waals surface area (Å²) in [6.45, 7) is 4.12. The maximum absolute atomic E-state index is 10.9. The highest BCUT2D eigenvalue weighted by Crippen LogP contribution is 2.27. The van der Waals surface area contributed by atoms with Crippen molar-refractivity contribution in [2.75, 3.05) is 0 Å². The molecule has 1 aromatic heterocycles. The molecule has 1 atom stereocenters. The van der Waals surface area contributed by atoms with Gasteiger partial charge < -0.3 is 9.67 Å². The lowest BCUT2D eigenvalue weighted by Crippen LogP contribution is -2.15. The van der Waals surface area contributed by atoms with E-state index in [1.807, 2.05) is 18.2 Å². The summed E-state index contributed by atoms with van der Waals surface area (Å²) in [6.07, 6.45) is 0.784. The molecule has 100 valence electrons. The molecule has 0 aliphatic heterocycles. The van der Waals surface area contributed by atoms with Gasteiger partial charge in [-0.3, -0.25) is 4.79 Å². The van der Waals surface area contributed by atoms with Crippen LogP contribution < -0.4 is 0 Å². The maximum atomic E-state index is 10.9. The first-order valence-electron chi connectivity index (χ1n) is 6.50. The third kappa shape index (κ3) is 3.05. The standard InChI is InChI=1S/C16H19NO2/c1-12-8-9-13(2)17(12)15(10-11-16(18)19)14-6-4-3-5-7-14/h3-9,15H,10-11H2,1-2H3,(H,18,19). The Hall–Kier alpha value is -2.03. The lowest BCUT2D eigenvalue weighted by molar-refractivity contribution is -0.137. The molecule has 3 heteroatoms. The van der Waals surface area contributed by atoms with Gasteiger partial charge in [0.25, 0.3) is 0 Å². The van der Waals surface area contributed by atoms with Gasteiger partial charge in [-0.25, -0.2) is 0 Å². The predicted molar refractivity (Wildman–Crippen MR) is 75.4 cm³/mol. The fourth-order valence-electron chi connectivity index (χ4n) is 2.55. The summed E-state index contributed by atoms with van der Waals surface area (Å²) >= 11 is 0. The third-order valence-corrected chi connectivity index (χ3v) is 3.45. The number of nitrogens with zero attached hydrogens (tertiary/aromatic N) is 1. The molecule has 0 bridgehead atoms. The predicted octanol–water partition coefficient (Wildman–Crippen LogP) is 3.56. The second-order valence-corrected chi connectivity index (χ2v) is 4.84. The van der Waals surface area contributed by atoms with E-state index < -0.39 is 5.97 Å². The number of aryl methyl sites for hydroxylation is 2. The molecule has 1 unspecified atom stereocenters. The Labute approximate surface area is 113 Å². The Morgan fingerprint density at radius 3 is 2.21 bits per heavy atom. The molecule has 0 spiro atoms. The van der Waals surface area contributed by atoms with E-state index in [1.165, 1.54) is 0 Å². The van der Waals surface area contributed by atoms with Crippen molar-refractivity contribution < 1.29 is 9.90 Å². The molecule has 1 heterocycles.